The van der Waals surface area contributed by atoms with Crippen LogP contribution in [0.15, 0.2) is 60.8 Å². The van der Waals surface area contributed by atoms with Crippen molar-refractivity contribution in [3.05, 3.63) is 66.6 Å². The number of phenols is 1. The quantitative estimate of drug-likeness (QED) is 0.347. The van der Waals surface area contributed by atoms with Crippen LogP contribution in [-0.4, -0.2) is 31.0 Å². The molecule has 0 spiro atoms. The minimum atomic E-state index is -4.99. The summed E-state index contributed by atoms with van der Waals surface area (Å²) in [6.45, 7) is 2.75. The molecule has 0 radical (unpaired) electrons. The maximum Gasteiger partial charge on any atom is 0.573 e. The number of aromatic hydroxyl groups is 1. The Hall–Kier alpha value is -4.08. The zero-order chi connectivity index (χ0) is 23.3. The smallest absolute Gasteiger partial charge is 0.508 e. The van der Waals surface area contributed by atoms with Gasteiger partial charge in [-0.2, -0.15) is 0 Å². The lowest BCUT2D eigenvalue weighted by molar-refractivity contribution is -0.275. The molecule has 0 saturated heterocycles. The number of ether oxygens (including phenoxy) is 1. The minimum Gasteiger partial charge on any atom is -0.508 e. The summed E-state index contributed by atoms with van der Waals surface area (Å²) in [5.41, 5.74) is 3.20. The van der Waals surface area contributed by atoms with Crippen LogP contribution in [0.3, 0.4) is 0 Å². The van der Waals surface area contributed by atoms with E-state index in [1.165, 1.54) is 16.9 Å². The number of alkyl halides is 3. The van der Waals surface area contributed by atoms with E-state index in [2.05, 4.69) is 19.6 Å². The Morgan fingerprint density at radius 1 is 0.970 bits per heavy atom. The van der Waals surface area contributed by atoms with Crippen LogP contribution in [0.25, 0.3) is 38.8 Å². The average Bonchev–Trinajstić information content (AvgIpc) is 3.36. The monoisotopic (exact) mass is 456 g/mol. The summed E-state index contributed by atoms with van der Waals surface area (Å²) in [5, 5.41) is 19.7. The molecule has 0 saturated carbocycles. The average molecular weight is 456 g/mol. The van der Waals surface area contributed by atoms with Crippen LogP contribution in [0.2, 0.25) is 0 Å². The summed E-state index contributed by atoms with van der Waals surface area (Å²) in [5.74, 6) is -1.94. The van der Waals surface area contributed by atoms with E-state index in [-0.39, 0.29) is 11.3 Å². The predicted octanol–water partition coefficient (Wildman–Crippen LogP) is 5.81. The zero-order valence-corrected chi connectivity index (χ0v) is 17.1. The van der Waals surface area contributed by atoms with E-state index in [4.69, 9.17) is 0 Å². The van der Waals surface area contributed by atoms with Crippen molar-refractivity contribution in [1.29, 1.82) is 0 Å². The number of aromatic nitrogens is 4. The third-order valence-electron chi connectivity index (χ3n) is 5.40. The van der Waals surface area contributed by atoms with Crippen molar-refractivity contribution in [3.8, 4) is 28.4 Å². The van der Waals surface area contributed by atoms with Crippen molar-refractivity contribution in [2.24, 2.45) is 0 Å². The van der Waals surface area contributed by atoms with E-state index >= 15 is 0 Å². The molecule has 5 aromatic rings. The van der Waals surface area contributed by atoms with Gasteiger partial charge >= 0.3 is 6.36 Å². The molecule has 0 bridgehead atoms. The largest absolute Gasteiger partial charge is 0.573 e. The Bertz CT molecular complexity index is 1500. The Morgan fingerprint density at radius 2 is 1.70 bits per heavy atom. The molecular formula is C23H16F4N4O2. The van der Waals surface area contributed by atoms with Gasteiger partial charge in [-0.1, -0.05) is 5.21 Å². The van der Waals surface area contributed by atoms with E-state index in [0.717, 1.165) is 40.5 Å². The highest BCUT2D eigenvalue weighted by molar-refractivity contribution is 6.09. The minimum absolute atomic E-state index is 0.140. The van der Waals surface area contributed by atoms with Gasteiger partial charge in [-0.3, -0.25) is 0 Å². The van der Waals surface area contributed by atoms with Crippen LogP contribution < -0.4 is 4.74 Å². The summed E-state index contributed by atoms with van der Waals surface area (Å²) >= 11 is 0. The highest BCUT2D eigenvalue weighted by Crippen LogP contribution is 2.34. The first-order valence-corrected chi connectivity index (χ1v) is 9.97. The number of phenolic OH excluding ortho intramolecular Hbond substituents is 1. The van der Waals surface area contributed by atoms with Crippen molar-refractivity contribution in [3.63, 3.8) is 0 Å². The molecule has 33 heavy (non-hydrogen) atoms. The Labute approximate surface area is 184 Å². The van der Waals surface area contributed by atoms with Gasteiger partial charge in [0.05, 0.1) is 17.6 Å². The molecule has 1 N–H and O–H groups in total. The fourth-order valence-corrected chi connectivity index (χ4v) is 4.04. The highest BCUT2D eigenvalue weighted by atomic mass is 19.4. The molecule has 3 aromatic carbocycles. The van der Waals surface area contributed by atoms with E-state index in [0.29, 0.717) is 11.4 Å². The summed E-state index contributed by atoms with van der Waals surface area (Å²) < 4.78 is 58.9. The van der Waals surface area contributed by atoms with Crippen molar-refractivity contribution in [1.82, 2.24) is 19.6 Å². The first kappa shape index (κ1) is 20.8. The van der Waals surface area contributed by atoms with Gasteiger partial charge in [-0.05, 0) is 61.5 Å². The van der Waals surface area contributed by atoms with Gasteiger partial charge in [0.25, 0.3) is 0 Å². The summed E-state index contributed by atoms with van der Waals surface area (Å²) in [4.78, 5) is 0. The van der Waals surface area contributed by atoms with Crippen molar-refractivity contribution in [2.75, 3.05) is 0 Å². The molecule has 2 aromatic heterocycles. The lowest BCUT2D eigenvalue weighted by Gasteiger charge is -2.11. The maximum atomic E-state index is 14.3. The number of halogens is 4. The first-order chi connectivity index (χ1) is 15.7. The summed E-state index contributed by atoms with van der Waals surface area (Å²) in [7, 11) is 0. The fourth-order valence-electron chi connectivity index (χ4n) is 4.04. The number of nitrogens with zero attached hydrogens (tertiary/aromatic N) is 4. The van der Waals surface area contributed by atoms with Gasteiger partial charge in [0.1, 0.15) is 5.75 Å². The molecule has 0 atom stereocenters. The number of hydrogen-bond donors (Lipinski definition) is 1. The normalized spacial score (nSPS) is 12.0. The molecule has 0 aliphatic carbocycles. The van der Waals surface area contributed by atoms with Gasteiger partial charge in [0.2, 0.25) is 0 Å². The highest BCUT2D eigenvalue weighted by Gasteiger charge is 2.32. The van der Waals surface area contributed by atoms with Gasteiger partial charge < -0.3 is 14.4 Å². The van der Waals surface area contributed by atoms with Crippen LogP contribution in [0.1, 0.15) is 6.92 Å². The second-order valence-electron chi connectivity index (χ2n) is 7.37. The molecule has 0 fully saturated rings. The van der Waals surface area contributed by atoms with E-state index < -0.39 is 17.9 Å². The first-order valence-electron chi connectivity index (χ1n) is 9.97. The van der Waals surface area contributed by atoms with Gasteiger partial charge in [-0.25, -0.2) is 9.07 Å². The van der Waals surface area contributed by atoms with Crippen molar-refractivity contribution < 1.29 is 27.4 Å². The van der Waals surface area contributed by atoms with Gasteiger partial charge in [0, 0.05) is 33.9 Å². The molecule has 0 aliphatic heterocycles. The number of hydrogen-bond acceptors (Lipinski definition) is 4. The topological polar surface area (TPSA) is 65.1 Å². The second-order valence-corrected chi connectivity index (χ2v) is 7.37. The Balaban J connectivity index is 1.62. The van der Waals surface area contributed by atoms with Gasteiger partial charge in [-0.15, -0.1) is 18.3 Å². The SMILES string of the molecule is CCn1c2ccc(O)cc2c2cc(-n3nncc3-c3ccc(OC(F)(F)F)c(F)c3)ccc21. The van der Waals surface area contributed by atoms with E-state index in [1.54, 1.807) is 12.1 Å². The zero-order valence-electron chi connectivity index (χ0n) is 17.1. The number of benzene rings is 3. The Morgan fingerprint density at radius 3 is 2.39 bits per heavy atom. The number of rotatable bonds is 4. The number of aryl methyl sites for hydroxylation is 1. The van der Waals surface area contributed by atoms with Crippen LogP contribution in [0, 0.1) is 5.82 Å². The molecule has 0 unspecified atom stereocenters. The van der Waals surface area contributed by atoms with E-state index in [9.17, 15) is 22.7 Å². The lowest BCUT2D eigenvalue weighted by Crippen LogP contribution is -2.17. The van der Waals surface area contributed by atoms with Crippen LogP contribution >= 0.6 is 0 Å². The molecule has 6 nitrogen and oxygen atoms in total. The van der Waals surface area contributed by atoms with Crippen LogP contribution in [0.5, 0.6) is 11.5 Å². The van der Waals surface area contributed by atoms with E-state index in [1.807, 2.05) is 31.2 Å². The maximum absolute atomic E-state index is 14.3. The molecule has 2 heterocycles. The fraction of sp³-hybridized carbons (Fsp3) is 0.130. The van der Waals surface area contributed by atoms with Crippen LogP contribution in [-0.2, 0) is 6.54 Å². The van der Waals surface area contributed by atoms with Gasteiger partial charge in [0.15, 0.2) is 11.6 Å². The molecule has 5 rings (SSSR count). The molecule has 10 heteroatoms. The Kier molecular flexibility index (Phi) is 4.73. The summed E-state index contributed by atoms with van der Waals surface area (Å²) in [6.07, 6.45) is -3.60. The third-order valence-corrected chi connectivity index (χ3v) is 5.40. The number of fused-ring (bicyclic) bond motifs is 3. The van der Waals surface area contributed by atoms with Crippen molar-refractivity contribution >= 4 is 21.8 Å². The van der Waals surface area contributed by atoms with Crippen LogP contribution in [0.4, 0.5) is 17.6 Å². The van der Waals surface area contributed by atoms with Crippen molar-refractivity contribution in [2.45, 2.75) is 19.8 Å². The third kappa shape index (κ3) is 3.63. The predicted molar refractivity (Wildman–Crippen MR) is 114 cm³/mol. The summed E-state index contributed by atoms with van der Waals surface area (Å²) in [6, 6.07) is 13.9. The molecular weight excluding hydrogens is 440 g/mol. The lowest BCUT2D eigenvalue weighted by atomic mass is 10.1. The molecule has 0 aliphatic rings. The standard InChI is InChI=1S/C23H16F4N4O2/c1-2-30-19-6-4-14(10-16(19)17-11-15(32)5-7-20(17)30)31-21(12-28-29-31)13-3-8-22(18(24)9-13)33-23(25,26)27/h3-12,32H,2H2,1H3. The second kappa shape index (κ2) is 7.51. The molecule has 168 valence electrons. The molecule has 0 amide bonds.